The Morgan fingerprint density at radius 1 is 1.00 bits per heavy atom. The van der Waals surface area contributed by atoms with Gasteiger partial charge in [0.05, 0.1) is 35.1 Å². The van der Waals surface area contributed by atoms with Crippen molar-refractivity contribution in [3.8, 4) is 5.75 Å². The molecule has 1 atom stereocenters. The number of fused-ring (bicyclic) bond motifs is 1. The zero-order valence-corrected chi connectivity index (χ0v) is 18.9. The molecule has 0 aliphatic heterocycles. The molecule has 1 heterocycles. The van der Waals surface area contributed by atoms with Crippen LogP contribution in [0.4, 0.5) is 5.69 Å². The quantitative estimate of drug-likeness (QED) is 0.292. The Kier molecular flexibility index (Phi) is 7.15. The summed E-state index contributed by atoms with van der Waals surface area (Å²) in [6.45, 7) is 0. The monoisotopic (exact) mass is 473 g/mol. The van der Waals surface area contributed by atoms with Gasteiger partial charge in [0.15, 0.2) is 0 Å². The molecule has 1 aromatic heterocycles. The molecule has 170 valence electrons. The maximum atomic E-state index is 13.0. The van der Waals surface area contributed by atoms with Gasteiger partial charge in [0, 0.05) is 17.3 Å². The zero-order valence-electron chi connectivity index (χ0n) is 18.1. The number of para-hydroxylation sites is 2. The molecule has 0 bridgehead atoms. The zero-order chi connectivity index (χ0) is 23.9. The molecule has 0 spiro atoms. The molecule has 8 heteroatoms. The summed E-state index contributed by atoms with van der Waals surface area (Å²) in [5.41, 5.74) is 2.91. The van der Waals surface area contributed by atoms with Gasteiger partial charge in [-0.05, 0) is 36.4 Å². The average Bonchev–Trinajstić information content (AvgIpc) is 2.86. The summed E-state index contributed by atoms with van der Waals surface area (Å²) in [5.74, 6) is -0.751. The lowest BCUT2D eigenvalue weighted by molar-refractivity contribution is -0.149. The number of aromatic nitrogens is 2. The van der Waals surface area contributed by atoms with Crippen LogP contribution < -0.4 is 10.1 Å². The first-order valence-corrected chi connectivity index (χ1v) is 10.7. The Balaban J connectivity index is 1.51. The van der Waals surface area contributed by atoms with E-state index < -0.39 is 18.0 Å². The maximum Gasteiger partial charge on any atom is 0.331 e. The van der Waals surface area contributed by atoms with E-state index in [1.165, 1.54) is 19.3 Å². The van der Waals surface area contributed by atoms with Crippen molar-refractivity contribution in [2.45, 2.75) is 6.10 Å². The minimum absolute atomic E-state index is 0.341. The number of amides is 1. The number of hydrogen-bond acceptors (Lipinski definition) is 6. The van der Waals surface area contributed by atoms with Gasteiger partial charge in [-0.25, -0.2) is 9.78 Å². The van der Waals surface area contributed by atoms with Gasteiger partial charge in [0.2, 0.25) is 6.10 Å². The van der Waals surface area contributed by atoms with Crippen LogP contribution in [0, 0.1) is 0 Å². The van der Waals surface area contributed by atoms with Crippen LogP contribution in [0.3, 0.4) is 0 Å². The van der Waals surface area contributed by atoms with Crippen LogP contribution in [0.5, 0.6) is 5.75 Å². The summed E-state index contributed by atoms with van der Waals surface area (Å²) in [5, 5.41) is 3.07. The van der Waals surface area contributed by atoms with Gasteiger partial charge in [0.1, 0.15) is 5.75 Å². The van der Waals surface area contributed by atoms with Crippen molar-refractivity contribution in [3.05, 3.63) is 101 Å². The third kappa shape index (κ3) is 5.57. The van der Waals surface area contributed by atoms with E-state index in [1.807, 2.05) is 30.3 Å². The summed E-state index contributed by atoms with van der Waals surface area (Å²) in [6, 6.07) is 21.0. The van der Waals surface area contributed by atoms with Gasteiger partial charge in [-0.3, -0.25) is 9.78 Å². The third-order valence-electron chi connectivity index (χ3n) is 4.85. The lowest BCUT2D eigenvalue weighted by Gasteiger charge is -2.17. The fourth-order valence-electron chi connectivity index (χ4n) is 3.21. The number of esters is 1. The number of rotatable bonds is 7. The van der Waals surface area contributed by atoms with Crippen LogP contribution in [0.25, 0.3) is 17.1 Å². The van der Waals surface area contributed by atoms with Gasteiger partial charge >= 0.3 is 5.97 Å². The SMILES string of the molecule is COc1ccc(NC(=O)C(OC(=O)/C=C/c2cnc3ccccc3n2)c2ccccc2)cc1Cl. The summed E-state index contributed by atoms with van der Waals surface area (Å²) in [6.07, 6.45) is 3.08. The van der Waals surface area contributed by atoms with E-state index in [9.17, 15) is 9.59 Å². The molecule has 1 N–H and O–H groups in total. The molecule has 0 saturated carbocycles. The fraction of sp³-hybridized carbons (Fsp3) is 0.0769. The number of halogens is 1. The number of ether oxygens (including phenoxy) is 2. The Labute approximate surface area is 201 Å². The molecule has 0 radical (unpaired) electrons. The molecule has 3 aromatic carbocycles. The summed E-state index contributed by atoms with van der Waals surface area (Å²) >= 11 is 6.15. The van der Waals surface area contributed by atoms with Crippen molar-refractivity contribution in [2.24, 2.45) is 0 Å². The summed E-state index contributed by atoms with van der Waals surface area (Å²) in [4.78, 5) is 34.4. The first kappa shape index (κ1) is 22.9. The van der Waals surface area contributed by atoms with Crippen molar-refractivity contribution >= 4 is 46.3 Å². The van der Waals surface area contributed by atoms with Crippen molar-refractivity contribution < 1.29 is 19.1 Å². The molecular weight excluding hydrogens is 454 g/mol. The first-order chi connectivity index (χ1) is 16.5. The molecule has 7 nitrogen and oxygen atoms in total. The van der Waals surface area contributed by atoms with Crippen molar-refractivity contribution in [1.29, 1.82) is 0 Å². The fourth-order valence-corrected chi connectivity index (χ4v) is 3.47. The number of anilines is 1. The molecule has 4 rings (SSSR count). The second-order valence-corrected chi connectivity index (χ2v) is 7.59. The number of nitrogens with one attached hydrogen (secondary N) is 1. The van der Waals surface area contributed by atoms with Crippen molar-refractivity contribution in [3.63, 3.8) is 0 Å². The topological polar surface area (TPSA) is 90.4 Å². The number of hydrogen-bond donors (Lipinski definition) is 1. The van der Waals surface area contributed by atoms with Crippen LogP contribution >= 0.6 is 11.6 Å². The van der Waals surface area contributed by atoms with E-state index in [4.69, 9.17) is 21.1 Å². The second-order valence-electron chi connectivity index (χ2n) is 7.18. The minimum atomic E-state index is -1.18. The van der Waals surface area contributed by atoms with Crippen LogP contribution in [0.15, 0.2) is 85.1 Å². The van der Waals surface area contributed by atoms with Crippen LogP contribution in [-0.4, -0.2) is 29.0 Å². The Hall–Kier alpha value is -4.23. The predicted molar refractivity (Wildman–Crippen MR) is 130 cm³/mol. The van der Waals surface area contributed by atoms with Gasteiger partial charge in [-0.1, -0.05) is 54.1 Å². The molecule has 0 saturated heterocycles. The molecule has 1 amide bonds. The molecule has 0 aliphatic rings. The highest BCUT2D eigenvalue weighted by atomic mass is 35.5. The molecule has 0 aliphatic carbocycles. The third-order valence-corrected chi connectivity index (χ3v) is 5.15. The molecule has 1 unspecified atom stereocenters. The van der Waals surface area contributed by atoms with E-state index in [0.29, 0.717) is 33.2 Å². The standard InChI is InChI=1S/C26H20ClN3O4/c1-33-23-13-11-18(15-20(23)27)30-26(32)25(17-7-3-2-4-8-17)34-24(31)14-12-19-16-28-21-9-5-6-10-22(21)29-19/h2-16,25H,1H3,(H,30,32)/b14-12+. The molecular formula is C26H20ClN3O4. The van der Waals surface area contributed by atoms with Crippen LogP contribution in [-0.2, 0) is 14.3 Å². The molecule has 34 heavy (non-hydrogen) atoms. The number of nitrogens with zero attached hydrogens (tertiary/aromatic N) is 2. The highest BCUT2D eigenvalue weighted by Gasteiger charge is 2.24. The van der Waals surface area contributed by atoms with E-state index in [0.717, 1.165) is 5.52 Å². The second kappa shape index (κ2) is 10.6. The number of methoxy groups -OCH3 is 1. The van der Waals surface area contributed by atoms with E-state index >= 15 is 0 Å². The Morgan fingerprint density at radius 3 is 2.47 bits per heavy atom. The van der Waals surface area contributed by atoms with Gasteiger partial charge in [-0.2, -0.15) is 0 Å². The number of carbonyl (C=O) groups excluding carboxylic acids is 2. The molecule has 4 aromatic rings. The lowest BCUT2D eigenvalue weighted by Crippen LogP contribution is -2.25. The summed E-state index contributed by atoms with van der Waals surface area (Å²) < 4.78 is 10.6. The Morgan fingerprint density at radius 2 is 1.74 bits per heavy atom. The van der Waals surface area contributed by atoms with Crippen molar-refractivity contribution in [2.75, 3.05) is 12.4 Å². The normalized spacial score (nSPS) is 11.8. The summed E-state index contributed by atoms with van der Waals surface area (Å²) in [7, 11) is 1.50. The van der Waals surface area contributed by atoms with E-state index in [1.54, 1.807) is 48.7 Å². The smallest absolute Gasteiger partial charge is 0.331 e. The number of carbonyl (C=O) groups is 2. The van der Waals surface area contributed by atoms with Gasteiger partial charge in [0.25, 0.3) is 5.91 Å². The Bertz CT molecular complexity index is 1360. The van der Waals surface area contributed by atoms with Gasteiger partial charge in [-0.15, -0.1) is 0 Å². The van der Waals surface area contributed by atoms with Crippen LogP contribution in [0.2, 0.25) is 5.02 Å². The van der Waals surface area contributed by atoms with E-state index in [2.05, 4.69) is 15.3 Å². The molecule has 0 fully saturated rings. The van der Waals surface area contributed by atoms with Crippen molar-refractivity contribution in [1.82, 2.24) is 9.97 Å². The highest BCUT2D eigenvalue weighted by Crippen LogP contribution is 2.28. The maximum absolute atomic E-state index is 13.0. The number of benzene rings is 3. The predicted octanol–water partition coefficient (Wildman–Crippen LogP) is 5.23. The average molecular weight is 474 g/mol. The minimum Gasteiger partial charge on any atom is -0.495 e. The lowest BCUT2D eigenvalue weighted by atomic mass is 10.1. The largest absolute Gasteiger partial charge is 0.495 e. The van der Waals surface area contributed by atoms with E-state index in [-0.39, 0.29) is 0 Å². The first-order valence-electron chi connectivity index (χ1n) is 10.3. The highest BCUT2D eigenvalue weighted by molar-refractivity contribution is 6.32. The van der Waals surface area contributed by atoms with Gasteiger partial charge < -0.3 is 14.8 Å². The van der Waals surface area contributed by atoms with Crippen LogP contribution in [0.1, 0.15) is 17.4 Å².